The van der Waals surface area contributed by atoms with Crippen LogP contribution in [0.4, 0.5) is 0 Å². The highest BCUT2D eigenvalue weighted by atomic mass is 79.9. The standard InChI is InChI=1S/C15H23BrN2OS/c1-11-5-3-4-6-13(11)17-15(19)10-18(2)9-12-7-8-14(16)20-12/h7-8,11,13H,3-6,9-10H2,1-2H3,(H,17,19)/t11-,13+/m1/s1. The summed E-state index contributed by atoms with van der Waals surface area (Å²) in [6.07, 6.45) is 4.92. The highest BCUT2D eigenvalue weighted by Gasteiger charge is 2.23. The van der Waals surface area contributed by atoms with Gasteiger partial charge in [0.25, 0.3) is 0 Å². The Morgan fingerprint density at radius 2 is 2.20 bits per heavy atom. The molecule has 0 aromatic carbocycles. The third kappa shape index (κ3) is 4.86. The van der Waals surface area contributed by atoms with Gasteiger partial charge in [-0.3, -0.25) is 9.69 Å². The number of carbonyl (C=O) groups is 1. The molecule has 1 N–H and O–H groups in total. The third-order valence-electron chi connectivity index (χ3n) is 3.93. The number of rotatable bonds is 5. The molecule has 0 radical (unpaired) electrons. The summed E-state index contributed by atoms with van der Waals surface area (Å²) >= 11 is 5.19. The average molecular weight is 359 g/mol. The summed E-state index contributed by atoms with van der Waals surface area (Å²) in [5.74, 6) is 0.771. The predicted molar refractivity (Wildman–Crippen MR) is 87.9 cm³/mol. The predicted octanol–water partition coefficient (Wildman–Crippen LogP) is 3.64. The van der Waals surface area contributed by atoms with E-state index in [9.17, 15) is 4.79 Å². The molecule has 5 heteroatoms. The first-order valence-electron chi connectivity index (χ1n) is 7.26. The van der Waals surface area contributed by atoms with E-state index in [0.717, 1.165) is 16.8 Å². The molecule has 0 unspecified atom stereocenters. The fourth-order valence-corrected chi connectivity index (χ4v) is 4.35. The Labute approximate surface area is 133 Å². The highest BCUT2D eigenvalue weighted by molar-refractivity contribution is 9.11. The first-order chi connectivity index (χ1) is 9.54. The molecule has 1 heterocycles. The summed E-state index contributed by atoms with van der Waals surface area (Å²) in [6, 6.07) is 4.53. The quantitative estimate of drug-likeness (QED) is 0.871. The minimum Gasteiger partial charge on any atom is -0.352 e. The van der Waals surface area contributed by atoms with Gasteiger partial charge in [0.15, 0.2) is 0 Å². The topological polar surface area (TPSA) is 32.3 Å². The van der Waals surface area contributed by atoms with E-state index >= 15 is 0 Å². The lowest BCUT2D eigenvalue weighted by Crippen LogP contribution is -2.44. The van der Waals surface area contributed by atoms with Crippen LogP contribution in [-0.4, -0.2) is 30.4 Å². The summed E-state index contributed by atoms with van der Waals surface area (Å²) in [6.45, 7) is 3.54. The zero-order valence-electron chi connectivity index (χ0n) is 12.2. The van der Waals surface area contributed by atoms with Gasteiger partial charge >= 0.3 is 0 Å². The number of likely N-dealkylation sites (N-methyl/N-ethyl adjacent to an activating group) is 1. The molecule has 1 aromatic rings. The van der Waals surface area contributed by atoms with Crippen LogP contribution in [0.3, 0.4) is 0 Å². The van der Waals surface area contributed by atoms with Crippen molar-refractivity contribution in [2.75, 3.05) is 13.6 Å². The zero-order chi connectivity index (χ0) is 14.5. The van der Waals surface area contributed by atoms with Crippen LogP contribution < -0.4 is 5.32 Å². The van der Waals surface area contributed by atoms with E-state index in [0.29, 0.717) is 18.5 Å². The SMILES string of the molecule is C[C@@H]1CCCC[C@@H]1NC(=O)CN(C)Cc1ccc(Br)s1. The molecule has 2 atom stereocenters. The van der Waals surface area contributed by atoms with Crippen LogP contribution in [0.25, 0.3) is 0 Å². The smallest absolute Gasteiger partial charge is 0.234 e. The van der Waals surface area contributed by atoms with Crippen LogP contribution in [0.2, 0.25) is 0 Å². The van der Waals surface area contributed by atoms with Crippen LogP contribution in [-0.2, 0) is 11.3 Å². The van der Waals surface area contributed by atoms with Gasteiger partial charge in [-0.05, 0) is 53.9 Å². The van der Waals surface area contributed by atoms with Crippen LogP contribution in [0.1, 0.15) is 37.5 Å². The second-order valence-corrected chi connectivity index (χ2v) is 8.36. The third-order valence-corrected chi connectivity index (χ3v) is 5.53. The second kappa shape index (κ2) is 7.57. The molecule has 1 aliphatic carbocycles. The Morgan fingerprint density at radius 3 is 2.85 bits per heavy atom. The van der Waals surface area contributed by atoms with Crippen molar-refractivity contribution in [3.05, 3.63) is 20.8 Å². The fraction of sp³-hybridized carbons (Fsp3) is 0.667. The van der Waals surface area contributed by atoms with E-state index in [1.807, 2.05) is 7.05 Å². The summed E-state index contributed by atoms with van der Waals surface area (Å²) in [5, 5.41) is 3.20. The van der Waals surface area contributed by atoms with Crippen LogP contribution in [0.5, 0.6) is 0 Å². The van der Waals surface area contributed by atoms with E-state index < -0.39 is 0 Å². The summed E-state index contributed by atoms with van der Waals surface area (Å²) < 4.78 is 1.14. The maximum atomic E-state index is 12.1. The summed E-state index contributed by atoms with van der Waals surface area (Å²) in [4.78, 5) is 15.5. The number of halogens is 1. The Bertz CT molecular complexity index is 449. The fourth-order valence-electron chi connectivity index (χ4n) is 2.79. The molecule has 0 bridgehead atoms. The number of amides is 1. The molecule has 0 aliphatic heterocycles. The number of hydrogen-bond donors (Lipinski definition) is 1. The molecule has 0 spiro atoms. The molecule has 112 valence electrons. The Hall–Kier alpha value is -0.390. The molecular weight excluding hydrogens is 336 g/mol. The van der Waals surface area contributed by atoms with Crippen molar-refractivity contribution in [2.24, 2.45) is 5.92 Å². The van der Waals surface area contributed by atoms with Crippen LogP contribution >= 0.6 is 27.3 Å². The van der Waals surface area contributed by atoms with Crippen molar-refractivity contribution in [3.63, 3.8) is 0 Å². The maximum absolute atomic E-state index is 12.1. The largest absolute Gasteiger partial charge is 0.352 e. The van der Waals surface area contributed by atoms with Crippen molar-refractivity contribution in [2.45, 2.75) is 45.2 Å². The molecule has 1 amide bonds. The van der Waals surface area contributed by atoms with Crippen molar-refractivity contribution < 1.29 is 4.79 Å². The van der Waals surface area contributed by atoms with Crippen molar-refractivity contribution in [3.8, 4) is 0 Å². The molecule has 1 fully saturated rings. The van der Waals surface area contributed by atoms with Gasteiger partial charge in [-0.25, -0.2) is 0 Å². The first kappa shape index (κ1) is 16.0. The molecule has 2 rings (SSSR count). The minimum atomic E-state index is 0.155. The minimum absolute atomic E-state index is 0.155. The van der Waals surface area contributed by atoms with E-state index in [2.05, 4.69) is 45.2 Å². The molecular formula is C15H23BrN2OS. The van der Waals surface area contributed by atoms with Gasteiger partial charge in [0.2, 0.25) is 5.91 Å². The molecule has 20 heavy (non-hydrogen) atoms. The zero-order valence-corrected chi connectivity index (χ0v) is 14.6. The Morgan fingerprint density at radius 1 is 1.45 bits per heavy atom. The van der Waals surface area contributed by atoms with Gasteiger partial charge in [-0.15, -0.1) is 11.3 Å². The number of nitrogens with zero attached hydrogens (tertiary/aromatic N) is 1. The number of thiophene rings is 1. The van der Waals surface area contributed by atoms with E-state index in [1.54, 1.807) is 11.3 Å². The molecule has 1 aromatic heterocycles. The van der Waals surface area contributed by atoms with E-state index in [-0.39, 0.29) is 5.91 Å². The Balaban J connectivity index is 1.75. The second-order valence-electron chi connectivity index (χ2n) is 5.81. The highest BCUT2D eigenvalue weighted by Crippen LogP contribution is 2.24. The van der Waals surface area contributed by atoms with Gasteiger partial charge in [0.05, 0.1) is 10.3 Å². The first-order valence-corrected chi connectivity index (χ1v) is 8.87. The van der Waals surface area contributed by atoms with Gasteiger partial charge in [-0.1, -0.05) is 19.8 Å². The van der Waals surface area contributed by atoms with Crippen molar-refractivity contribution >= 4 is 33.2 Å². The lowest BCUT2D eigenvalue weighted by atomic mass is 9.86. The number of nitrogens with one attached hydrogen (secondary N) is 1. The van der Waals surface area contributed by atoms with Crippen LogP contribution in [0.15, 0.2) is 15.9 Å². The Kier molecular flexibility index (Phi) is 6.05. The average Bonchev–Trinajstić information content (AvgIpc) is 2.77. The maximum Gasteiger partial charge on any atom is 0.234 e. The summed E-state index contributed by atoms with van der Waals surface area (Å²) in [7, 11) is 2.00. The van der Waals surface area contributed by atoms with Gasteiger partial charge < -0.3 is 5.32 Å². The normalized spacial score (nSPS) is 23.0. The molecule has 1 aliphatic rings. The number of hydrogen-bond acceptors (Lipinski definition) is 3. The summed E-state index contributed by atoms with van der Waals surface area (Å²) in [5.41, 5.74) is 0. The van der Waals surface area contributed by atoms with Gasteiger partial charge in [0, 0.05) is 17.5 Å². The van der Waals surface area contributed by atoms with Crippen molar-refractivity contribution in [1.29, 1.82) is 0 Å². The number of carbonyl (C=O) groups excluding carboxylic acids is 1. The van der Waals surface area contributed by atoms with Crippen molar-refractivity contribution in [1.82, 2.24) is 10.2 Å². The van der Waals surface area contributed by atoms with Gasteiger partial charge in [0.1, 0.15) is 0 Å². The lowest BCUT2D eigenvalue weighted by molar-refractivity contribution is -0.123. The molecule has 0 saturated heterocycles. The van der Waals surface area contributed by atoms with E-state index in [4.69, 9.17) is 0 Å². The van der Waals surface area contributed by atoms with Gasteiger partial charge in [-0.2, -0.15) is 0 Å². The monoisotopic (exact) mass is 358 g/mol. The molecule has 1 saturated carbocycles. The van der Waals surface area contributed by atoms with E-state index in [1.165, 1.54) is 24.1 Å². The molecule has 3 nitrogen and oxygen atoms in total. The van der Waals surface area contributed by atoms with Crippen LogP contribution in [0, 0.1) is 5.92 Å². The lowest BCUT2D eigenvalue weighted by Gasteiger charge is -2.30.